The summed E-state index contributed by atoms with van der Waals surface area (Å²) in [6.45, 7) is 2.02. The molecular weight excluding hydrogens is 344 g/mol. The van der Waals surface area contributed by atoms with E-state index in [1.54, 1.807) is 24.3 Å². The zero-order valence-corrected chi connectivity index (χ0v) is 15.6. The van der Waals surface area contributed by atoms with E-state index >= 15 is 0 Å². The van der Waals surface area contributed by atoms with Crippen LogP contribution in [0.5, 0.6) is 0 Å². The third-order valence-corrected chi connectivity index (χ3v) is 4.72. The number of hydrogen-bond acceptors (Lipinski definition) is 6. The topological polar surface area (TPSA) is 69.0 Å². The van der Waals surface area contributed by atoms with Crippen LogP contribution in [0.3, 0.4) is 0 Å². The molecule has 2 aromatic carbocycles. The summed E-state index contributed by atoms with van der Waals surface area (Å²) in [4.78, 5) is 19.9. The van der Waals surface area contributed by atoms with Gasteiger partial charge in [-0.3, -0.25) is 4.79 Å². The minimum atomic E-state index is -0.138. The van der Waals surface area contributed by atoms with Gasteiger partial charge in [-0.1, -0.05) is 35.6 Å². The Morgan fingerprint density at radius 3 is 2.65 bits per heavy atom. The number of nitrogens with zero attached hydrogens (tertiary/aromatic N) is 3. The fourth-order valence-corrected chi connectivity index (χ4v) is 3.55. The molecule has 3 aromatic rings. The molecule has 0 unspecified atom stereocenters. The number of hydrogen-bond donors (Lipinski definition) is 1. The predicted molar refractivity (Wildman–Crippen MR) is 105 cm³/mol. The maximum atomic E-state index is 13.0. The van der Waals surface area contributed by atoms with Crippen LogP contribution in [0, 0.1) is 18.3 Å². The number of nitriles is 1. The SMILES string of the molecule is Cc1cccc(Nc2nc(N(C)C)c(C(=O)c3cccc(C#N)c3)s2)c1. The summed E-state index contributed by atoms with van der Waals surface area (Å²) in [5.41, 5.74) is 3.02. The normalized spacial score (nSPS) is 10.2. The fourth-order valence-electron chi connectivity index (χ4n) is 2.52. The second-order valence-electron chi connectivity index (χ2n) is 6.08. The van der Waals surface area contributed by atoms with E-state index in [2.05, 4.69) is 16.4 Å². The van der Waals surface area contributed by atoms with E-state index in [-0.39, 0.29) is 5.78 Å². The van der Waals surface area contributed by atoms with E-state index in [0.717, 1.165) is 11.3 Å². The fraction of sp³-hybridized carbons (Fsp3) is 0.150. The van der Waals surface area contributed by atoms with Crippen LogP contribution in [0.2, 0.25) is 0 Å². The molecule has 0 saturated heterocycles. The van der Waals surface area contributed by atoms with Crippen molar-refractivity contribution in [1.29, 1.82) is 5.26 Å². The lowest BCUT2D eigenvalue weighted by Crippen LogP contribution is -2.13. The number of carbonyl (C=O) groups excluding carboxylic acids is 1. The molecule has 0 amide bonds. The van der Waals surface area contributed by atoms with Gasteiger partial charge in [0.05, 0.1) is 11.6 Å². The Morgan fingerprint density at radius 1 is 1.19 bits per heavy atom. The summed E-state index contributed by atoms with van der Waals surface area (Å²) < 4.78 is 0. The lowest BCUT2D eigenvalue weighted by Gasteiger charge is -2.10. The molecular formula is C20H18N4OS. The molecule has 130 valence electrons. The second kappa shape index (κ2) is 7.38. The van der Waals surface area contributed by atoms with Gasteiger partial charge in [0.1, 0.15) is 4.88 Å². The average molecular weight is 362 g/mol. The van der Waals surface area contributed by atoms with Crippen molar-refractivity contribution in [2.24, 2.45) is 0 Å². The van der Waals surface area contributed by atoms with E-state index in [1.807, 2.05) is 50.2 Å². The zero-order chi connectivity index (χ0) is 18.7. The molecule has 0 atom stereocenters. The molecule has 6 heteroatoms. The number of carbonyl (C=O) groups is 1. The highest BCUT2D eigenvalue weighted by Gasteiger charge is 2.21. The number of benzene rings is 2. The molecule has 0 aliphatic rings. The van der Waals surface area contributed by atoms with Crippen LogP contribution >= 0.6 is 11.3 Å². The first kappa shape index (κ1) is 17.6. The van der Waals surface area contributed by atoms with Crippen LogP contribution in [0.25, 0.3) is 0 Å². The number of aryl methyl sites for hydroxylation is 1. The smallest absolute Gasteiger partial charge is 0.206 e. The van der Waals surface area contributed by atoms with E-state index in [9.17, 15) is 4.79 Å². The van der Waals surface area contributed by atoms with Crippen molar-refractivity contribution < 1.29 is 4.79 Å². The van der Waals surface area contributed by atoms with Gasteiger partial charge in [0.15, 0.2) is 10.9 Å². The molecule has 26 heavy (non-hydrogen) atoms. The van der Waals surface area contributed by atoms with Gasteiger partial charge in [0.25, 0.3) is 0 Å². The van der Waals surface area contributed by atoms with E-state index in [1.165, 1.54) is 11.3 Å². The summed E-state index contributed by atoms with van der Waals surface area (Å²) in [7, 11) is 3.71. The molecule has 0 bridgehead atoms. The molecule has 0 saturated carbocycles. The monoisotopic (exact) mass is 362 g/mol. The molecule has 1 heterocycles. The van der Waals surface area contributed by atoms with Gasteiger partial charge in [0, 0.05) is 25.3 Å². The maximum absolute atomic E-state index is 13.0. The van der Waals surface area contributed by atoms with Gasteiger partial charge in [0.2, 0.25) is 5.78 Å². The van der Waals surface area contributed by atoms with Crippen molar-refractivity contribution in [3.05, 3.63) is 70.1 Å². The average Bonchev–Trinajstić information content (AvgIpc) is 3.05. The van der Waals surface area contributed by atoms with Gasteiger partial charge in [-0.05, 0) is 36.8 Å². The molecule has 0 spiro atoms. The summed E-state index contributed by atoms with van der Waals surface area (Å²) in [5.74, 6) is 0.470. The standard InChI is InChI=1S/C20H18N4OS/c1-13-6-4-9-16(10-13)22-20-23-19(24(2)3)18(26-20)17(25)15-8-5-7-14(11-15)12-21/h4-11H,1-3H3,(H,22,23). The van der Waals surface area contributed by atoms with Crippen molar-refractivity contribution in [2.45, 2.75) is 6.92 Å². The Hall–Kier alpha value is -3.17. The quantitative estimate of drug-likeness (QED) is 0.683. The molecule has 0 fully saturated rings. The summed E-state index contributed by atoms with van der Waals surface area (Å²) in [6.07, 6.45) is 0. The number of aromatic nitrogens is 1. The number of nitrogens with one attached hydrogen (secondary N) is 1. The third-order valence-electron chi connectivity index (χ3n) is 3.76. The van der Waals surface area contributed by atoms with E-state index < -0.39 is 0 Å². The summed E-state index contributed by atoms with van der Waals surface area (Å²) in [5, 5.41) is 13.0. The first-order valence-corrected chi connectivity index (χ1v) is 8.86. The van der Waals surface area contributed by atoms with Crippen LogP contribution in [0.4, 0.5) is 16.6 Å². The summed E-state index contributed by atoms with van der Waals surface area (Å²) >= 11 is 1.31. The van der Waals surface area contributed by atoms with Gasteiger partial charge >= 0.3 is 0 Å². The molecule has 0 aliphatic heterocycles. The van der Waals surface area contributed by atoms with Crippen LogP contribution in [-0.4, -0.2) is 24.9 Å². The van der Waals surface area contributed by atoms with Gasteiger partial charge < -0.3 is 10.2 Å². The molecule has 5 nitrogen and oxygen atoms in total. The van der Waals surface area contributed by atoms with Crippen molar-refractivity contribution in [2.75, 3.05) is 24.3 Å². The molecule has 0 radical (unpaired) electrons. The van der Waals surface area contributed by atoms with Crippen molar-refractivity contribution >= 4 is 33.8 Å². The van der Waals surface area contributed by atoms with E-state index in [4.69, 9.17) is 5.26 Å². The summed E-state index contributed by atoms with van der Waals surface area (Å²) in [6, 6.07) is 16.8. The van der Waals surface area contributed by atoms with Crippen molar-refractivity contribution in [3.8, 4) is 6.07 Å². The Balaban J connectivity index is 1.97. The number of anilines is 3. The largest absolute Gasteiger partial charge is 0.361 e. The minimum Gasteiger partial charge on any atom is -0.361 e. The van der Waals surface area contributed by atoms with Crippen LogP contribution in [0.1, 0.15) is 26.4 Å². The number of rotatable bonds is 5. The first-order chi connectivity index (χ1) is 12.5. The minimum absolute atomic E-state index is 0.138. The number of ketones is 1. The maximum Gasteiger partial charge on any atom is 0.206 e. The van der Waals surface area contributed by atoms with Crippen LogP contribution < -0.4 is 10.2 Å². The molecule has 1 aromatic heterocycles. The second-order valence-corrected chi connectivity index (χ2v) is 7.08. The van der Waals surface area contributed by atoms with Gasteiger partial charge in [-0.15, -0.1) is 0 Å². The Morgan fingerprint density at radius 2 is 1.96 bits per heavy atom. The highest BCUT2D eigenvalue weighted by atomic mass is 32.1. The van der Waals surface area contributed by atoms with Crippen molar-refractivity contribution in [1.82, 2.24) is 4.98 Å². The van der Waals surface area contributed by atoms with Crippen LogP contribution in [0.15, 0.2) is 48.5 Å². The van der Waals surface area contributed by atoms with E-state index in [0.29, 0.717) is 27.0 Å². The van der Waals surface area contributed by atoms with Gasteiger partial charge in [-0.2, -0.15) is 5.26 Å². The molecule has 0 aliphatic carbocycles. The Bertz CT molecular complexity index is 1000. The molecule has 3 rings (SSSR count). The predicted octanol–water partition coefficient (Wildman–Crippen LogP) is 4.36. The van der Waals surface area contributed by atoms with Crippen LogP contribution in [-0.2, 0) is 0 Å². The molecule has 1 N–H and O–H groups in total. The van der Waals surface area contributed by atoms with Gasteiger partial charge in [-0.25, -0.2) is 4.98 Å². The number of thiazole rings is 1. The lowest BCUT2D eigenvalue weighted by atomic mass is 10.1. The Kier molecular flexibility index (Phi) is 5.01. The highest BCUT2D eigenvalue weighted by molar-refractivity contribution is 7.18. The lowest BCUT2D eigenvalue weighted by molar-refractivity contribution is 0.104. The Labute approximate surface area is 156 Å². The zero-order valence-electron chi connectivity index (χ0n) is 14.8. The highest BCUT2D eigenvalue weighted by Crippen LogP contribution is 2.33. The first-order valence-electron chi connectivity index (χ1n) is 8.04. The third kappa shape index (κ3) is 3.73. The van der Waals surface area contributed by atoms with Crippen molar-refractivity contribution in [3.63, 3.8) is 0 Å².